The topological polar surface area (TPSA) is 80.0 Å². The summed E-state index contributed by atoms with van der Waals surface area (Å²) in [7, 11) is 0. The molecule has 0 fully saturated rings. The lowest BCUT2D eigenvalue weighted by Gasteiger charge is -2.30. The quantitative estimate of drug-likeness (QED) is 0.701. The first-order valence-electron chi connectivity index (χ1n) is 8.89. The zero-order valence-corrected chi connectivity index (χ0v) is 15.6. The Morgan fingerprint density at radius 1 is 1.32 bits per heavy atom. The van der Waals surface area contributed by atoms with E-state index in [-0.39, 0.29) is 17.1 Å². The number of aromatic nitrogens is 3. The van der Waals surface area contributed by atoms with E-state index in [9.17, 15) is 13.6 Å². The number of aryl methyl sites for hydroxylation is 1. The maximum atomic E-state index is 12.9. The van der Waals surface area contributed by atoms with Gasteiger partial charge in [-0.1, -0.05) is 13.0 Å². The van der Waals surface area contributed by atoms with Crippen LogP contribution in [0.1, 0.15) is 31.9 Å². The summed E-state index contributed by atoms with van der Waals surface area (Å²) in [4.78, 5) is 15.5. The summed E-state index contributed by atoms with van der Waals surface area (Å²) in [5.41, 5.74) is 2.56. The summed E-state index contributed by atoms with van der Waals surface area (Å²) in [6, 6.07) is 3.15. The molecular weight excluding hydrogens is 368 g/mol. The molecule has 1 aliphatic rings. The van der Waals surface area contributed by atoms with Crippen molar-refractivity contribution in [2.45, 2.75) is 39.4 Å². The molecule has 3 heterocycles. The molecule has 0 atom stereocenters. The molecule has 0 bridgehead atoms. The molecule has 2 aromatic heterocycles. The van der Waals surface area contributed by atoms with Gasteiger partial charge in [0.25, 0.3) is 5.56 Å². The summed E-state index contributed by atoms with van der Waals surface area (Å²) < 4.78 is 36.3. The van der Waals surface area contributed by atoms with Gasteiger partial charge in [-0.25, -0.2) is 5.10 Å². The molecule has 0 spiro atoms. The van der Waals surface area contributed by atoms with Crippen LogP contribution in [-0.2, 0) is 6.42 Å². The van der Waals surface area contributed by atoms with Gasteiger partial charge in [-0.2, -0.15) is 13.9 Å². The number of benzene rings is 1. The van der Waals surface area contributed by atoms with E-state index in [1.807, 2.05) is 32.9 Å². The van der Waals surface area contributed by atoms with E-state index in [4.69, 9.17) is 4.74 Å². The van der Waals surface area contributed by atoms with E-state index >= 15 is 0 Å². The van der Waals surface area contributed by atoms with Gasteiger partial charge in [0.2, 0.25) is 0 Å². The van der Waals surface area contributed by atoms with Gasteiger partial charge in [0.15, 0.2) is 11.5 Å². The summed E-state index contributed by atoms with van der Waals surface area (Å²) >= 11 is 0. The van der Waals surface area contributed by atoms with Crippen molar-refractivity contribution >= 4 is 17.0 Å². The predicted molar refractivity (Wildman–Crippen MR) is 102 cm³/mol. The maximum Gasteiger partial charge on any atom is 0.387 e. The molecule has 3 aromatic rings. The zero-order valence-electron chi connectivity index (χ0n) is 15.6. The van der Waals surface area contributed by atoms with Crippen LogP contribution in [0.3, 0.4) is 0 Å². The number of rotatable bonds is 4. The lowest BCUT2D eigenvalue weighted by Crippen LogP contribution is -2.28. The molecule has 1 aliphatic heterocycles. The number of nitrogens with zero attached hydrogens (tertiary/aromatic N) is 1. The summed E-state index contributed by atoms with van der Waals surface area (Å²) in [5.74, 6) is 0.220. The monoisotopic (exact) mass is 387 g/mol. The molecular formula is C20H19F2N3O3. The summed E-state index contributed by atoms with van der Waals surface area (Å²) in [6.45, 7) is 2.65. The number of hydrogen-bond acceptors (Lipinski definition) is 4. The fraction of sp³-hybridized carbons (Fsp3) is 0.300. The van der Waals surface area contributed by atoms with Crippen LogP contribution in [-0.4, -0.2) is 27.4 Å². The van der Waals surface area contributed by atoms with Crippen LogP contribution in [0.5, 0.6) is 11.5 Å². The Morgan fingerprint density at radius 3 is 2.82 bits per heavy atom. The van der Waals surface area contributed by atoms with Crippen LogP contribution >= 0.6 is 0 Å². The average Bonchev–Trinajstić information content (AvgIpc) is 3.01. The Labute approximate surface area is 159 Å². The van der Waals surface area contributed by atoms with Gasteiger partial charge >= 0.3 is 6.61 Å². The molecule has 6 nitrogen and oxygen atoms in total. The SMILES string of the molecule is CCc1c(-c2ccc(OC(F)F)c3c2C=CC(C)(C)O3)[nH]c2cn[nH]c(=O)c12. The minimum absolute atomic E-state index is 0.0279. The third-order valence-corrected chi connectivity index (χ3v) is 4.73. The Morgan fingerprint density at radius 2 is 2.11 bits per heavy atom. The Balaban J connectivity index is 1.99. The average molecular weight is 387 g/mol. The van der Waals surface area contributed by atoms with Gasteiger partial charge in [0.05, 0.1) is 22.8 Å². The van der Waals surface area contributed by atoms with Crippen LogP contribution in [0.2, 0.25) is 0 Å². The summed E-state index contributed by atoms with van der Waals surface area (Å²) in [6.07, 6.45) is 5.84. The van der Waals surface area contributed by atoms with Crippen LogP contribution in [0, 0.1) is 0 Å². The van der Waals surface area contributed by atoms with E-state index in [2.05, 4.69) is 19.9 Å². The number of nitrogens with one attached hydrogen (secondary N) is 2. The van der Waals surface area contributed by atoms with Gasteiger partial charge in [-0.05, 0) is 44.0 Å². The van der Waals surface area contributed by atoms with E-state index in [0.717, 1.165) is 16.8 Å². The molecule has 0 radical (unpaired) electrons. The van der Waals surface area contributed by atoms with Crippen molar-refractivity contribution in [2.24, 2.45) is 0 Å². The van der Waals surface area contributed by atoms with Gasteiger partial charge in [-0.3, -0.25) is 4.79 Å². The van der Waals surface area contributed by atoms with Gasteiger partial charge in [0.1, 0.15) is 5.60 Å². The molecule has 1 aromatic carbocycles. The van der Waals surface area contributed by atoms with Gasteiger partial charge in [-0.15, -0.1) is 0 Å². The van der Waals surface area contributed by atoms with Crippen molar-refractivity contribution in [3.63, 3.8) is 0 Å². The first kappa shape index (κ1) is 18.2. The summed E-state index contributed by atoms with van der Waals surface area (Å²) in [5, 5.41) is 6.82. The third kappa shape index (κ3) is 2.94. The maximum absolute atomic E-state index is 12.9. The molecule has 28 heavy (non-hydrogen) atoms. The highest BCUT2D eigenvalue weighted by Gasteiger charge is 2.29. The number of alkyl halides is 2. The zero-order chi connectivity index (χ0) is 20.1. The Bertz CT molecular complexity index is 1150. The van der Waals surface area contributed by atoms with Crippen LogP contribution in [0.25, 0.3) is 28.2 Å². The molecule has 8 heteroatoms. The second-order valence-electron chi connectivity index (χ2n) is 7.09. The highest BCUT2D eigenvalue weighted by atomic mass is 19.3. The standard InChI is InChI=1S/C20H19F2N3O3/c1-4-10-15-13(9-23-25-18(15)26)24-16(10)11-5-6-14(27-19(21)22)17-12(11)7-8-20(2,3)28-17/h5-9,19,24H,4H2,1-3H3,(H,25,26). The number of ether oxygens (including phenoxy) is 2. The molecule has 146 valence electrons. The number of hydrogen-bond donors (Lipinski definition) is 2. The normalized spacial score (nSPS) is 14.9. The van der Waals surface area contributed by atoms with E-state index in [1.54, 1.807) is 12.3 Å². The van der Waals surface area contributed by atoms with Crippen molar-refractivity contribution < 1.29 is 18.3 Å². The van der Waals surface area contributed by atoms with E-state index in [1.165, 1.54) is 6.07 Å². The van der Waals surface area contributed by atoms with E-state index in [0.29, 0.717) is 22.9 Å². The first-order valence-corrected chi connectivity index (χ1v) is 8.89. The molecule has 0 unspecified atom stereocenters. The Hall–Kier alpha value is -3.16. The van der Waals surface area contributed by atoms with Crippen molar-refractivity contribution in [1.82, 2.24) is 15.2 Å². The minimum atomic E-state index is -2.96. The number of fused-ring (bicyclic) bond motifs is 2. The third-order valence-electron chi connectivity index (χ3n) is 4.73. The van der Waals surface area contributed by atoms with Crippen molar-refractivity contribution in [3.05, 3.63) is 45.9 Å². The molecule has 0 aliphatic carbocycles. The van der Waals surface area contributed by atoms with Crippen molar-refractivity contribution in [1.29, 1.82) is 0 Å². The van der Waals surface area contributed by atoms with Crippen LogP contribution in [0.15, 0.2) is 29.2 Å². The molecule has 4 rings (SSSR count). The highest BCUT2D eigenvalue weighted by Crippen LogP contribution is 2.45. The molecule has 0 saturated heterocycles. The van der Waals surface area contributed by atoms with Gasteiger partial charge < -0.3 is 14.5 Å². The molecule has 0 amide bonds. The number of halogens is 2. The minimum Gasteiger partial charge on any atom is -0.479 e. The van der Waals surface area contributed by atoms with E-state index < -0.39 is 12.2 Å². The van der Waals surface area contributed by atoms with Gasteiger partial charge in [0, 0.05) is 11.1 Å². The van der Waals surface area contributed by atoms with Crippen LogP contribution < -0.4 is 15.0 Å². The van der Waals surface area contributed by atoms with Crippen LogP contribution in [0.4, 0.5) is 8.78 Å². The molecule has 2 N–H and O–H groups in total. The number of H-pyrrole nitrogens is 2. The lowest BCUT2D eigenvalue weighted by atomic mass is 9.94. The fourth-order valence-electron chi connectivity index (χ4n) is 3.55. The molecule has 0 saturated carbocycles. The lowest BCUT2D eigenvalue weighted by molar-refractivity contribution is -0.0526. The fourth-order valence-corrected chi connectivity index (χ4v) is 3.55. The predicted octanol–water partition coefficient (Wildman–Crippen LogP) is 4.27. The highest BCUT2D eigenvalue weighted by molar-refractivity contribution is 5.92. The number of aromatic amines is 2. The second kappa shape index (κ2) is 6.47. The van der Waals surface area contributed by atoms with Crippen molar-refractivity contribution in [3.8, 4) is 22.8 Å². The second-order valence-corrected chi connectivity index (χ2v) is 7.09. The van der Waals surface area contributed by atoms with Crippen molar-refractivity contribution in [2.75, 3.05) is 0 Å². The largest absolute Gasteiger partial charge is 0.479 e. The Kier molecular flexibility index (Phi) is 4.21. The first-order chi connectivity index (χ1) is 13.3. The smallest absolute Gasteiger partial charge is 0.387 e.